The Labute approximate surface area is 111 Å². The molecule has 1 aliphatic rings. The van der Waals surface area contributed by atoms with Gasteiger partial charge in [-0.05, 0) is 26.7 Å². The summed E-state index contributed by atoms with van der Waals surface area (Å²) in [6.07, 6.45) is 2.51. The fourth-order valence-corrected chi connectivity index (χ4v) is 1.93. The first-order chi connectivity index (χ1) is 8.47. The van der Waals surface area contributed by atoms with Crippen molar-refractivity contribution in [1.82, 2.24) is 9.97 Å². The van der Waals surface area contributed by atoms with Crippen LogP contribution >= 0.6 is 11.6 Å². The molecule has 0 radical (unpaired) electrons. The second kappa shape index (κ2) is 5.10. The zero-order valence-electron chi connectivity index (χ0n) is 10.5. The van der Waals surface area contributed by atoms with E-state index < -0.39 is 0 Å². The molecule has 6 heteroatoms. The number of carbonyl (C=O) groups excluding carboxylic acids is 1. The molecule has 0 saturated heterocycles. The summed E-state index contributed by atoms with van der Waals surface area (Å²) >= 11 is 6.10. The van der Waals surface area contributed by atoms with Crippen LogP contribution in [0.25, 0.3) is 0 Å². The lowest BCUT2D eigenvalue weighted by Crippen LogP contribution is -2.25. The Bertz CT molecular complexity index is 473. The number of nitrogens with zero attached hydrogens (tertiary/aromatic N) is 2. The molecule has 1 aliphatic carbocycles. The third kappa shape index (κ3) is 3.10. The quantitative estimate of drug-likeness (QED) is 0.801. The normalized spacial score (nSPS) is 16.4. The third-order valence-electron chi connectivity index (χ3n) is 2.94. The molecule has 1 aromatic heterocycles. The van der Waals surface area contributed by atoms with Gasteiger partial charge in [0.1, 0.15) is 16.8 Å². The lowest BCUT2D eigenvalue weighted by molar-refractivity contribution is -0.118. The molecule has 0 spiro atoms. The topological polar surface area (TPSA) is 80.9 Å². The molecule has 0 aromatic carbocycles. The van der Waals surface area contributed by atoms with Gasteiger partial charge >= 0.3 is 0 Å². The Morgan fingerprint density at radius 1 is 1.56 bits per heavy atom. The van der Waals surface area contributed by atoms with Gasteiger partial charge in [0, 0.05) is 23.9 Å². The second-order valence-electron chi connectivity index (χ2n) is 4.84. The summed E-state index contributed by atoms with van der Waals surface area (Å²) in [5.41, 5.74) is 5.97. The molecule has 1 amide bonds. The largest absolute Gasteiger partial charge is 0.370 e. The number of aromatic nitrogens is 2. The van der Waals surface area contributed by atoms with E-state index in [0.717, 1.165) is 24.2 Å². The van der Waals surface area contributed by atoms with E-state index in [0.29, 0.717) is 16.9 Å². The average Bonchev–Trinajstić information content (AvgIpc) is 3.06. The number of amides is 1. The minimum Gasteiger partial charge on any atom is -0.370 e. The number of halogens is 1. The predicted molar refractivity (Wildman–Crippen MR) is 70.7 cm³/mol. The van der Waals surface area contributed by atoms with Gasteiger partial charge in [-0.3, -0.25) is 4.79 Å². The van der Waals surface area contributed by atoms with E-state index in [9.17, 15) is 4.79 Å². The molecular weight excluding hydrogens is 252 g/mol. The zero-order valence-corrected chi connectivity index (χ0v) is 11.3. The minimum atomic E-state index is -0.338. The Kier molecular flexibility index (Phi) is 3.71. The molecule has 18 heavy (non-hydrogen) atoms. The smallest absolute Gasteiger partial charge is 0.219 e. The number of hydrogen-bond donors (Lipinski definition) is 2. The molecule has 1 fully saturated rings. The van der Waals surface area contributed by atoms with Crippen molar-refractivity contribution in [3.8, 4) is 0 Å². The number of anilines is 1. The molecule has 98 valence electrons. The van der Waals surface area contributed by atoms with Gasteiger partial charge in [-0.1, -0.05) is 11.6 Å². The highest BCUT2D eigenvalue weighted by Crippen LogP contribution is 2.39. The van der Waals surface area contributed by atoms with Crippen LogP contribution < -0.4 is 11.1 Å². The third-order valence-corrected chi connectivity index (χ3v) is 3.30. The van der Waals surface area contributed by atoms with E-state index in [1.54, 1.807) is 0 Å². The lowest BCUT2D eigenvalue weighted by atomic mass is 10.2. The second-order valence-corrected chi connectivity index (χ2v) is 5.19. The molecule has 1 unspecified atom stereocenters. The molecule has 1 saturated carbocycles. The summed E-state index contributed by atoms with van der Waals surface area (Å²) in [6.45, 7) is 3.75. The van der Waals surface area contributed by atoms with Crippen LogP contribution in [-0.4, -0.2) is 21.9 Å². The molecule has 2 rings (SSSR count). The number of hydrogen-bond acceptors (Lipinski definition) is 4. The molecular formula is C12H17ClN4O. The maximum Gasteiger partial charge on any atom is 0.219 e. The summed E-state index contributed by atoms with van der Waals surface area (Å²) in [5.74, 6) is 1.59. The number of nitrogens with two attached hydrogens (primary N) is 1. The van der Waals surface area contributed by atoms with Crippen LogP contribution in [0.4, 0.5) is 5.82 Å². The highest BCUT2D eigenvalue weighted by Gasteiger charge is 2.28. The lowest BCUT2D eigenvalue weighted by Gasteiger charge is -2.16. The number of rotatable bonds is 5. The van der Waals surface area contributed by atoms with Gasteiger partial charge < -0.3 is 11.1 Å². The fourth-order valence-electron chi connectivity index (χ4n) is 1.76. The Balaban J connectivity index is 2.17. The van der Waals surface area contributed by atoms with Crippen molar-refractivity contribution in [2.45, 2.75) is 45.1 Å². The molecule has 1 atom stereocenters. The molecule has 1 aromatic rings. The van der Waals surface area contributed by atoms with Gasteiger partial charge in [-0.25, -0.2) is 9.97 Å². The van der Waals surface area contributed by atoms with Crippen LogP contribution in [0.1, 0.15) is 43.5 Å². The summed E-state index contributed by atoms with van der Waals surface area (Å²) in [5, 5.41) is 3.64. The maximum absolute atomic E-state index is 10.9. The minimum absolute atomic E-state index is 0.0702. The molecule has 0 aliphatic heterocycles. The van der Waals surface area contributed by atoms with Crippen LogP contribution in [0, 0.1) is 6.92 Å². The highest BCUT2D eigenvalue weighted by molar-refractivity contribution is 6.30. The van der Waals surface area contributed by atoms with Crippen molar-refractivity contribution in [2.24, 2.45) is 5.73 Å². The van der Waals surface area contributed by atoms with Crippen LogP contribution in [0.3, 0.4) is 0 Å². The van der Waals surface area contributed by atoms with Crippen LogP contribution in [-0.2, 0) is 4.79 Å². The van der Waals surface area contributed by atoms with Crippen molar-refractivity contribution >= 4 is 23.3 Å². The summed E-state index contributed by atoms with van der Waals surface area (Å²) in [7, 11) is 0. The van der Waals surface area contributed by atoms with Crippen molar-refractivity contribution in [3.05, 3.63) is 16.5 Å². The zero-order chi connectivity index (χ0) is 13.3. The highest BCUT2D eigenvalue weighted by atomic mass is 35.5. The SMILES string of the molecule is Cc1c(Cl)nc(C2CC2)nc1NC(C)CC(N)=O. The van der Waals surface area contributed by atoms with Gasteiger partial charge in [0.2, 0.25) is 5.91 Å². The molecule has 3 N–H and O–H groups in total. The maximum atomic E-state index is 10.9. The standard InChI is InChI=1S/C12H17ClN4O/c1-6(5-9(14)18)15-11-7(2)10(13)16-12(17-11)8-3-4-8/h6,8H,3-5H2,1-2H3,(H2,14,18)(H,15,16,17). The van der Waals surface area contributed by atoms with Gasteiger partial charge in [-0.2, -0.15) is 0 Å². The predicted octanol–water partition coefficient (Wildman–Crippen LogP) is 1.99. The Morgan fingerprint density at radius 2 is 2.22 bits per heavy atom. The number of primary amides is 1. The first kappa shape index (κ1) is 13.1. The number of nitrogens with one attached hydrogen (secondary N) is 1. The van der Waals surface area contributed by atoms with Gasteiger partial charge in [-0.15, -0.1) is 0 Å². The average molecular weight is 269 g/mol. The summed E-state index contributed by atoms with van der Waals surface area (Å²) in [4.78, 5) is 19.6. The van der Waals surface area contributed by atoms with Crippen molar-refractivity contribution in [3.63, 3.8) is 0 Å². The van der Waals surface area contributed by atoms with Crippen LogP contribution in [0.5, 0.6) is 0 Å². The summed E-state index contributed by atoms with van der Waals surface area (Å²) < 4.78 is 0. The van der Waals surface area contributed by atoms with E-state index in [1.165, 1.54) is 0 Å². The fraction of sp³-hybridized carbons (Fsp3) is 0.583. The van der Waals surface area contributed by atoms with E-state index in [2.05, 4.69) is 15.3 Å². The van der Waals surface area contributed by atoms with E-state index in [4.69, 9.17) is 17.3 Å². The monoisotopic (exact) mass is 268 g/mol. The van der Waals surface area contributed by atoms with E-state index in [-0.39, 0.29) is 18.4 Å². The van der Waals surface area contributed by atoms with E-state index >= 15 is 0 Å². The van der Waals surface area contributed by atoms with Crippen LogP contribution in [0.2, 0.25) is 5.15 Å². The Morgan fingerprint density at radius 3 is 2.78 bits per heavy atom. The molecule has 0 bridgehead atoms. The molecule has 5 nitrogen and oxygen atoms in total. The van der Waals surface area contributed by atoms with Crippen molar-refractivity contribution < 1.29 is 4.79 Å². The van der Waals surface area contributed by atoms with E-state index in [1.807, 2.05) is 13.8 Å². The van der Waals surface area contributed by atoms with Gasteiger partial charge in [0.25, 0.3) is 0 Å². The van der Waals surface area contributed by atoms with Gasteiger partial charge in [0.05, 0.1) is 0 Å². The van der Waals surface area contributed by atoms with Crippen molar-refractivity contribution in [1.29, 1.82) is 0 Å². The van der Waals surface area contributed by atoms with Crippen LogP contribution in [0.15, 0.2) is 0 Å². The van der Waals surface area contributed by atoms with Gasteiger partial charge in [0.15, 0.2) is 0 Å². The van der Waals surface area contributed by atoms with Crippen molar-refractivity contribution in [2.75, 3.05) is 5.32 Å². The first-order valence-electron chi connectivity index (χ1n) is 6.06. The Hall–Kier alpha value is -1.36. The summed E-state index contributed by atoms with van der Waals surface area (Å²) in [6, 6.07) is -0.0702. The molecule has 1 heterocycles. The first-order valence-corrected chi connectivity index (χ1v) is 6.44. The number of carbonyl (C=O) groups is 1.